The van der Waals surface area contributed by atoms with Gasteiger partial charge in [-0.1, -0.05) is 0 Å². The SMILES string of the molecule is CN=c1oc(NC)cn1O. The lowest BCUT2D eigenvalue weighted by Gasteiger charge is -1.84. The summed E-state index contributed by atoms with van der Waals surface area (Å²) in [6.45, 7) is 0. The van der Waals surface area contributed by atoms with E-state index in [2.05, 4.69) is 10.3 Å². The third kappa shape index (κ3) is 0.975. The summed E-state index contributed by atoms with van der Waals surface area (Å²) >= 11 is 0. The molecule has 0 radical (unpaired) electrons. The number of hydrogen-bond donors (Lipinski definition) is 2. The molecule has 0 bridgehead atoms. The van der Waals surface area contributed by atoms with Crippen molar-refractivity contribution in [3.63, 3.8) is 0 Å². The highest BCUT2D eigenvalue weighted by Crippen LogP contribution is 1.98. The highest BCUT2D eigenvalue weighted by atomic mass is 16.5. The van der Waals surface area contributed by atoms with Crippen molar-refractivity contribution in [2.45, 2.75) is 0 Å². The van der Waals surface area contributed by atoms with Crippen LogP contribution < -0.4 is 11.0 Å². The third-order valence-electron chi connectivity index (χ3n) is 1.07. The van der Waals surface area contributed by atoms with Crippen molar-refractivity contribution >= 4 is 5.88 Å². The summed E-state index contributed by atoms with van der Waals surface area (Å²) in [5.41, 5.74) is 0.171. The molecule has 56 valence electrons. The third-order valence-corrected chi connectivity index (χ3v) is 1.07. The summed E-state index contributed by atoms with van der Waals surface area (Å²) in [7, 11) is 3.23. The monoisotopic (exact) mass is 143 g/mol. The maximum atomic E-state index is 8.95. The van der Waals surface area contributed by atoms with Crippen LogP contribution in [0.5, 0.6) is 0 Å². The highest BCUT2D eigenvalue weighted by Gasteiger charge is 1.97. The molecule has 0 aliphatic carbocycles. The summed E-state index contributed by atoms with van der Waals surface area (Å²) in [4.78, 5) is 3.64. The van der Waals surface area contributed by atoms with E-state index in [1.54, 1.807) is 7.05 Å². The minimum Gasteiger partial charge on any atom is -0.424 e. The largest absolute Gasteiger partial charge is 0.424 e. The number of nitrogens with one attached hydrogen (secondary N) is 1. The van der Waals surface area contributed by atoms with E-state index in [0.717, 1.165) is 4.73 Å². The smallest absolute Gasteiger partial charge is 0.332 e. The van der Waals surface area contributed by atoms with E-state index >= 15 is 0 Å². The quantitative estimate of drug-likeness (QED) is 0.539. The van der Waals surface area contributed by atoms with Gasteiger partial charge in [0, 0.05) is 14.1 Å². The van der Waals surface area contributed by atoms with Crippen molar-refractivity contribution in [3.05, 3.63) is 11.9 Å². The fraction of sp³-hybridized carbons (Fsp3) is 0.400. The molecule has 0 amide bonds. The molecule has 2 N–H and O–H groups in total. The van der Waals surface area contributed by atoms with Gasteiger partial charge >= 0.3 is 5.68 Å². The topological polar surface area (TPSA) is 62.7 Å². The lowest BCUT2D eigenvalue weighted by Crippen LogP contribution is -2.11. The number of rotatable bonds is 1. The predicted octanol–water partition coefficient (Wildman–Crippen LogP) is -0.109. The Morgan fingerprint density at radius 2 is 2.50 bits per heavy atom. The Morgan fingerprint density at radius 3 is 2.80 bits per heavy atom. The van der Waals surface area contributed by atoms with Gasteiger partial charge in [-0.3, -0.25) is 0 Å². The van der Waals surface area contributed by atoms with E-state index in [9.17, 15) is 0 Å². The molecule has 0 fully saturated rings. The maximum absolute atomic E-state index is 8.95. The Balaban J connectivity index is 3.17. The molecule has 0 spiro atoms. The predicted molar refractivity (Wildman–Crippen MR) is 34.9 cm³/mol. The summed E-state index contributed by atoms with van der Waals surface area (Å²) in [6, 6.07) is 0. The van der Waals surface area contributed by atoms with Gasteiger partial charge in [0.2, 0.25) is 5.88 Å². The standard InChI is InChI=1S/C5H9N3O2/c1-6-4-3-8(9)5(7-2)10-4/h3,6,9H,1-2H3. The Labute approximate surface area is 57.6 Å². The van der Waals surface area contributed by atoms with Crippen molar-refractivity contribution in [1.29, 1.82) is 0 Å². The molecule has 10 heavy (non-hydrogen) atoms. The second-order valence-corrected chi connectivity index (χ2v) is 1.70. The molecule has 1 rings (SSSR count). The molecule has 1 heterocycles. The van der Waals surface area contributed by atoms with E-state index < -0.39 is 0 Å². The zero-order valence-electron chi connectivity index (χ0n) is 5.83. The van der Waals surface area contributed by atoms with Gasteiger partial charge in [-0.25, -0.2) is 4.99 Å². The second-order valence-electron chi connectivity index (χ2n) is 1.70. The van der Waals surface area contributed by atoms with Crippen molar-refractivity contribution in [1.82, 2.24) is 4.73 Å². The minimum atomic E-state index is 0.171. The van der Waals surface area contributed by atoms with Gasteiger partial charge in [0.05, 0.1) is 0 Å². The fourth-order valence-corrected chi connectivity index (χ4v) is 0.601. The summed E-state index contributed by atoms with van der Waals surface area (Å²) in [5, 5.41) is 11.7. The molecular weight excluding hydrogens is 134 g/mol. The van der Waals surface area contributed by atoms with Gasteiger partial charge in [-0.05, 0) is 0 Å². The van der Waals surface area contributed by atoms with Crippen LogP contribution in [-0.4, -0.2) is 24.0 Å². The number of anilines is 1. The van der Waals surface area contributed by atoms with E-state index in [0.29, 0.717) is 5.88 Å². The van der Waals surface area contributed by atoms with Crippen LogP contribution in [0.2, 0.25) is 0 Å². The zero-order chi connectivity index (χ0) is 7.56. The number of hydrogen-bond acceptors (Lipinski definition) is 4. The molecule has 0 saturated carbocycles. The first kappa shape index (κ1) is 6.73. The van der Waals surface area contributed by atoms with Crippen molar-refractivity contribution < 1.29 is 9.62 Å². The molecule has 0 atom stereocenters. The number of aromatic nitrogens is 1. The summed E-state index contributed by atoms with van der Waals surface area (Å²) < 4.78 is 5.76. The molecule has 0 aliphatic heterocycles. The van der Waals surface area contributed by atoms with Crippen molar-refractivity contribution in [2.75, 3.05) is 19.4 Å². The Bertz CT molecular complexity index is 273. The maximum Gasteiger partial charge on any atom is 0.332 e. The molecular formula is C5H9N3O2. The van der Waals surface area contributed by atoms with E-state index in [1.807, 2.05) is 0 Å². The van der Waals surface area contributed by atoms with Gasteiger partial charge in [0.1, 0.15) is 6.20 Å². The van der Waals surface area contributed by atoms with Crippen LogP contribution in [0.15, 0.2) is 15.6 Å². The number of nitrogens with zero attached hydrogens (tertiary/aromatic N) is 2. The molecule has 5 nitrogen and oxygen atoms in total. The first-order chi connectivity index (χ1) is 4.77. The van der Waals surface area contributed by atoms with Crippen LogP contribution in [0.1, 0.15) is 0 Å². The average Bonchev–Trinajstić information content (AvgIpc) is 2.30. The molecule has 5 heteroatoms. The normalized spacial score (nSPS) is 12.0. The van der Waals surface area contributed by atoms with Crippen LogP contribution in [0.3, 0.4) is 0 Å². The molecule has 0 aromatic carbocycles. The van der Waals surface area contributed by atoms with Crippen LogP contribution >= 0.6 is 0 Å². The van der Waals surface area contributed by atoms with Gasteiger partial charge < -0.3 is 14.9 Å². The van der Waals surface area contributed by atoms with Gasteiger partial charge in [-0.15, -0.1) is 4.73 Å². The first-order valence-electron chi connectivity index (χ1n) is 2.80. The van der Waals surface area contributed by atoms with Crippen molar-refractivity contribution in [2.24, 2.45) is 4.99 Å². The lowest BCUT2D eigenvalue weighted by atomic mass is 10.8. The van der Waals surface area contributed by atoms with Gasteiger partial charge in [0.15, 0.2) is 0 Å². The summed E-state index contributed by atoms with van der Waals surface area (Å²) in [5.74, 6) is 0.475. The van der Waals surface area contributed by atoms with Gasteiger partial charge in [-0.2, -0.15) is 0 Å². The Kier molecular flexibility index (Phi) is 1.66. The second kappa shape index (κ2) is 2.47. The summed E-state index contributed by atoms with van der Waals surface area (Å²) in [6.07, 6.45) is 1.39. The van der Waals surface area contributed by atoms with Gasteiger partial charge in [0.25, 0.3) is 0 Å². The van der Waals surface area contributed by atoms with Crippen molar-refractivity contribution in [3.8, 4) is 0 Å². The van der Waals surface area contributed by atoms with Crippen LogP contribution in [0, 0.1) is 0 Å². The lowest BCUT2D eigenvalue weighted by molar-refractivity contribution is 0.157. The van der Waals surface area contributed by atoms with E-state index in [4.69, 9.17) is 9.62 Å². The Hall–Kier alpha value is -1.39. The molecule has 0 saturated heterocycles. The Morgan fingerprint density at radius 1 is 1.80 bits per heavy atom. The van der Waals surface area contributed by atoms with Crippen LogP contribution in [0.25, 0.3) is 0 Å². The highest BCUT2D eigenvalue weighted by molar-refractivity contribution is 5.24. The number of oxazole rings is 1. The van der Waals surface area contributed by atoms with E-state index in [-0.39, 0.29) is 5.68 Å². The van der Waals surface area contributed by atoms with E-state index in [1.165, 1.54) is 13.2 Å². The minimum absolute atomic E-state index is 0.171. The molecule has 0 aliphatic rings. The van der Waals surface area contributed by atoms with Crippen LogP contribution in [-0.2, 0) is 0 Å². The molecule has 0 unspecified atom stereocenters. The fourth-order valence-electron chi connectivity index (χ4n) is 0.601. The van der Waals surface area contributed by atoms with Crippen LogP contribution in [0.4, 0.5) is 5.88 Å². The molecule has 1 aromatic heterocycles. The average molecular weight is 143 g/mol. The molecule has 1 aromatic rings. The zero-order valence-corrected chi connectivity index (χ0v) is 5.83. The first-order valence-corrected chi connectivity index (χ1v) is 2.80.